The standard InChI is InChI=1S/C17H21FN2OS/c18-16-6-2-1-5-15(16)17(21)13-20-9-7-19(8-10-20)12-14-4-3-11-22-14/h1-6,11,17,21H,7-10,12-13H2. The van der Waals surface area contributed by atoms with Gasteiger partial charge in [0.2, 0.25) is 0 Å². The smallest absolute Gasteiger partial charge is 0.129 e. The van der Waals surface area contributed by atoms with Crippen LogP contribution in [0, 0.1) is 5.82 Å². The average molecular weight is 320 g/mol. The van der Waals surface area contributed by atoms with Crippen molar-refractivity contribution in [3.8, 4) is 0 Å². The third-order valence-corrected chi connectivity index (χ3v) is 4.98. The van der Waals surface area contributed by atoms with Crippen LogP contribution in [0.15, 0.2) is 41.8 Å². The van der Waals surface area contributed by atoms with E-state index in [0.717, 1.165) is 32.7 Å². The fourth-order valence-electron chi connectivity index (χ4n) is 2.84. The highest BCUT2D eigenvalue weighted by atomic mass is 32.1. The van der Waals surface area contributed by atoms with Gasteiger partial charge in [-0.25, -0.2) is 4.39 Å². The normalized spacial score (nSPS) is 18.5. The number of benzene rings is 1. The molecule has 5 heteroatoms. The minimum absolute atomic E-state index is 0.327. The summed E-state index contributed by atoms with van der Waals surface area (Å²) in [6.45, 7) is 5.30. The second kappa shape index (κ2) is 7.33. The van der Waals surface area contributed by atoms with Crippen LogP contribution in [0.3, 0.4) is 0 Å². The molecule has 3 rings (SSSR count). The molecule has 0 bridgehead atoms. The molecule has 1 fully saturated rings. The molecule has 1 aliphatic rings. The lowest BCUT2D eigenvalue weighted by Gasteiger charge is -2.35. The van der Waals surface area contributed by atoms with Gasteiger partial charge in [-0.1, -0.05) is 24.3 Å². The zero-order chi connectivity index (χ0) is 15.4. The minimum atomic E-state index is -0.759. The number of aliphatic hydroxyl groups is 1. The van der Waals surface area contributed by atoms with Crippen molar-refractivity contribution >= 4 is 11.3 Å². The van der Waals surface area contributed by atoms with Crippen molar-refractivity contribution in [3.05, 3.63) is 58.0 Å². The number of thiophene rings is 1. The zero-order valence-electron chi connectivity index (χ0n) is 12.5. The van der Waals surface area contributed by atoms with E-state index in [1.807, 2.05) is 0 Å². The van der Waals surface area contributed by atoms with Crippen molar-refractivity contribution < 1.29 is 9.50 Å². The predicted octanol–water partition coefficient (Wildman–Crippen LogP) is 2.74. The summed E-state index contributed by atoms with van der Waals surface area (Å²) in [5.74, 6) is -0.327. The molecule has 0 aliphatic carbocycles. The molecule has 2 aromatic rings. The van der Waals surface area contributed by atoms with Crippen molar-refractivity contribution in [2.45, 2.75) is 12.6 Å². The van der Waals surface area contributed by atoms with Crippen LogP contribution in [0.4, 0.5) is 4.39 Å². The van der Waals surface area contributed by atoms with Crippen LogP contribution in [0.2, 0.25) is 0 Å². The van der Waals surface area contributed by atoms with E-state index >= 15 is 0 Å². The lowest BCUT2D eigenvalue weighted by atomic mass is 10.1. The first-order chi connectivity index (χ1) is 10.7. The third kappa shape index (κ3) is 3.93. The van der Waals surface area contributed by atoms with Crippen LogP contribution >= 0.6 is 11.3 Å². The lowest BCUT2D eigenvalue weighted by Crippen LogP contribution is -2.47. The Labute approximate surface area is 134 Å². The molecule has 0 spiro atoms. The number of hydrogen-bond acceptors (Lipinski definition) is 4. The molecule has 1 aromatic carbocycles. The molecule has 1 atom stereocenters. The van der Waals surface area contributed by atoms with Gasteiger partial charge in [-0.05, 0) is 17.5 Å². The van der Waals surface area contributed by atoms with Crippen LogP contribution in [0.25, 0.3) is 0 Å². The summed E-state index contributed by atoms with van der Waals surface area (Å²) < 4.78 is 13.7. The molecule has 3 nitrogen and oxygen atoms in total. The first-order valence-corrected chi connectivity index (χ1v) is 8.50. The average Bonchev–Trinajstić information content (AvgIpc) is 3.02. The van der Waals surface area contributed by atoms with E-state index in [1.54, 1.807) is 29.5 Å². The summed E-state index contributed by atoms with van der Waals surface area (Å²) in [4.78, 5) is 6.03. The molecule has 1 unspecified atom stereocenters. The van der Waals surface area contributed by atoms with Crippen molar-refractivity contribution in [3.63, 3.8) is 0 Å². The fourth-order valence-corrected chi connectivity index (χ4v) is 3.59. The Balaban J connectivity index is 1.48. The van der Waals surface area contributed by atoms with Gasteiger partial charge >= 0.3 is 0 Å². The third-order valence-electron chi connectivity index (χ3n) is 4.12. The van der Waals surface area contributed by atoms with Gasteiger partial charge in [0, 0.05) is 49.7 Å². The summed E-state index contributed by atoms with van der Waals surface area (Å²) >= 11 is 1.79. The first-order valence-electron chi connectivity index (χ1n) is 7.62. The summed E-state index contributed by atoms with van der Waals surface area (Å²) in [5.41, 5.74) is 0.392. The van der Waals surface area contributed by atoms with Crippen LogP contribution in [-0.2, 0) is 6.54 Å². The van der Waals surface area contributed by atoms with Crippen molar-refractivity contribution in [1.82, 2.24) is 9.80 Å². The summed E-state index contributed by atoms with van der Waals surface area (Å²) in [5, 5.41) is 12.3. The minimum Gasteiger partial charge on any atom is -0.387 e. The van der Waals surface area contributed by atoms with Crippen LogP contribution in [-0.4, -0.2) is 47.6 Å². The summed E-state index contributed by atoms with van der Waals surface area (Å²) in [6.07, 6.45) is -0.759. The largest absolute Gasteiger partial charge is 0.387 e. The van der Waals surface area contributed by atoms with Crippen molar-refractivity contribution in [1.29, 1.82) is 0 Å². The second-order valence-electron chi connectivity index (χ2n) is 5.69. The Morgan fingerprint density at radius 3 is 2.45 bits per heavy atom. The molecule has 0 amide bonds. The maximum absolute atomic E-state index is 13.7. The number of nitrogens with zero attached hydrogens (tertiary/aromatic N) is 2. The van der Waals surface area contributed by atoms with E-state index in [1.165, 1.54) is 10.9 Å². The van der Waals surface area contributed by atoms with Crippen molar-refractivity contribution in [2.24, 2.45) is 0 Å². The van der Waals surface area contributed by atoms with Crippen LogP contribution in [0.1, 0.15) is 16.5 Å². The number of rotatable bonds is 5. The number of aliphatic hydroxyl groups excluding tert-OH is 1. The van der Waals surface area contributed by atoms with E-state index in [2.05, 4.69) is 27.3 Å². The fraction of sp³-hybridized carbons (Fsp3) is 0.412. The van der Waals surface area contributed by atoms with Gasteiger partial charge in [-0.3, -0.25) is 9.80 Å². The van der Waals surface area contributed by atoms with Gasteiger partial charge < -0.3 is 5.11 Å². The molecule has 1 aromatic heterocycles. The van der Waals surface area contributed by atoms with Crippen LogP contribution in [0.5, 0.6) is 0 Å². The molecule has 0 radical (unpaired) electrons. The molecule has 22 heavy (non-hydrogen) atoms. The molecule has 118 valence electrons. The molecular formula is C17H21FN2OS. The summed E-state index contributed by atoms with van der Waals surface area (Å²) in [6, 6.07) is 10.7. The van der Waals surface area contributed by atoms with Gasteiger partial charge in [0.1, 0.15) is 5.82 Å². The number of β-amino-alcohol motifs (C(OH)–C–C–N with tert-alkyl or cyclic N) is 1. The highest BCUT2D eigenvalue weighted by Gasteiger charge is 2.21. The molecule has 0 saturated carbocycles. The molecule has 2 heterocycles. The van der Waals surface area contributed by atoms with E-state index in [9.17, 15) is 9.50 Å². The maximum Gasteiger partial charge on any atom is 0.129 e. The maximum atomic E-state index is 13.7. The van der Waals surface area contributed by atoms with E-state index < -0.39 is 6.10 Å². The number of halogens is 1. The Morgan fingerprint density at radius 2 is 1.77 bits per heavy atom. The van der Waals surface area contributed by atoms with Crippen molar-refractivity contribution in [2.75, 3.05) is 32.7 Å². The van der Waals surface area contributed by atoms with E-state index in [0.29, 0.717) is 12.1 Å². The van der Waals surface area contributed by atoms with Gasteiger partial charge in [-0.2, -0.15) is 0 Å². The number of hydrogen-bond donors (Lipinski definition) is 1. The molecule has 1 saturated heterocycles. The Kier molecular flexibility index (Phi) is 5.20. The van der Waals surface area contributed by atoms with Gasteiger partial charge in [0.05, 0.1) is 6.10 Å². The van der Waals surface area contributed by atoms with Gasteiger partial charge in [0.25, 0.3) is 0 Å². The lowest BCUT2D eigenvalue weighted by molar-refractivity contribution is 0.0688. The quantitative estimate of drug-likeness (QED) is 0.918. The molecule has 1 N–H and O–H groups in total. The monoisotopic (exact) mass is 320 g/mol. The predicted molar refractivity (Wildman–Crippen MR) is 87.4 cm³/mol. The zero-order valence-corrected chi connectivity index (χ0v) is 13.3. The van der Waals surface area contributed by atoms with E-state index in [4.69, 9.17) is 0 Å². The molecule has 1 aliphatic heterocycles. The Morgan fingerprint density at radius 1 is 1.05 bits per heavy atom. The SMILES string of the molecule is OC(CN1CCN(Cc2cccs2)CC1)c1ccccc1F. The number of piperazine rings is 1. The molecular weight excluding hydrogens is 299 g/mol. The second-order valence-corrected chi connectivity index (χ2v) is 6.73. The van der Waals surface area contributed by atoms with Gasteiger partial charge in [-0.15, -0.1) is 11.3 Å². The topological polar surface area (TPSA) is 26.7 Å². The Bertz CT molecular complexity index is 582. The van der Waals surface area contributed by atoms with E-state index in [-0.39, 0.29) is 5.82 Å². The highest BCUT2D eigenvalue weighted by molar-refractivity contribution is 7.09. The first kappa shape index (κ1) is 15.6. The Hall–Kier alpha value is -1.27. The highest BCUT2D eigenvalue weighted by Crippen LogP contribution is 2.19. The summed E-state index contributed by atoms with van der Waals surface area (Å²) in [7, 11) is 0. The van der Waals surface area contributed by atoms with Gasteiger partial charge in [0.15, 0.2) is 0 Å². The van der Waals surface area contributed by atoms with Crippen LogP contribution < -0.4 is 0 Å².